The summed E-state index contributed by atoms with van der Waals surface area (Å²) in [5, 5.41) is 16.9. The van der Waals surface area contributed by atoms with Gasteiger partial charge < -0.3 is 20.1 Å². The fourth-order valence-corrected chi connectivity index (χ4v) is 6.37. The van der Waals surface area contributed by atoms with Crippen LogP contribution in [0.1, 0.15) is 55.6 Å². The summed E-state index contributed by atoms with van der Waals surface area (Å²) in [6.07, 6.45) is 8.12. The van der Waals surface area contributed by atoms with Crippen molar-refractivity contribution in [1.29, 1.82) is 0 Å². The van der Waals surface area contributed by atoms with E-state index in [0.29, 0.717) is 0 Å². The zero-order valence-electron chi connectivity index (χ0n) is 18.7. The number of nitrogens with zero attached hydrogens (tertiary/aromatic N) is 6. The number of hydrogen-bond acceptors (Lipinski definition) is 7. The van der Waals surface area contributed by atoms with Gasteiger partial charge in [-0.3, -0.25) is 4.98 Å². The predicted molar refractivity (Wildman–Crippen MR) is 133 cm³/mol. The fraction of sp³-hybridized carbons (Fsp3) is 0.522. The molecule has 3 aliphatic rings. The normalized spacial score (nSPS) is 23.9. The molecule has 3 aromatic rings. The minimum absolute atomic E-state index is 0.0960. The van der Waals surface area contributed by atoms with Crippen LogP contribution in [-0.2, 0) is 11.2 Å². The Hall–Kier alpha value is -2.54. The van der Waals surface area contributed by atoms with Gasteiger partial charge in [-0.1, -0.05) is 6.07 Å². The largest absolute Gasteiger partial charge is 0.465 e. The van der Waals surface area contributed by atoms with Crippen molar-refractivity contribution in [2.24, 2.45) is 5.41 Å². The maximum absolute atomic E-state index is 11.6. The Morgan fingerprint density at radius 3 is 2.88 bits per heavy atom. The zero-order chi connectivity index (χ0) is 23.3. The summed E-state index contributed by atoms with van der Waals surface area (Å²) in [5.41, 5.74) is 3.40. The van der Waals surface area contributed by atoms with Gasteiger partial charge in [-0.25, -0.2) is 19.4 Å². The van der Waals surface area contributed by atoms with Crippen LogP contribution in [0.15, 0.2) is 24.5 Å². The third-order valence-corrected chi connectivity index (χ3v) is 8.21. The molecule has 178 valence electrons. The third kappa shape index (κ3) is 3.69. The molecule has 3 aromatic heterocycles. The number of halogens is 1. The van der Waals surface area contributed by atoms with Gasteiger partial charge in [0.15, 0.2) is 15.6 Å². The summed E-state index contributed by atoms with van der Waals surface area (Å²) in [5.74, 6) is 0.826. The number of hydrogen-bond donors (Lipinski definition) is 2. The molecule has 34 heavy (non-hydrogen) atoms. The SMILES string of the molecule is O=C(O)NC1c2ncccc2CC12CCN(c1cnc3c(I)nn(C4CCCCO4)c3n1)CC2. The molecule has 6 rings (SSSR count). The lowest BCUT2D eigenvalue weighted by molar-refractivity contribution is -0.0372. The summed E-state index contributed by atoms with van der Waals surface area (Å²) >= 11 is 2.21. The maximum Gasteiger partial charge on any atom is 0.405 e. The number of ether oxygens (including phenoxy) is 1. The molecule has 0 bridgehead atoms. The molecule has 2 atom stereocenters. The van der Waals surface area contributed by atoms with E-state index in [0.717, 1.165) is 90.2 Å². The summed E-state index contributed by atoms with van der Waals surface area (Å²) in [4.78, 5) is 28.0. The highest BCUT2D eigenvalue weighted by Gasteiger charge is 2.49. The summed E-state index contributed by atoms with van der Waals surface area (Å²) in [6, 6.07) is 3.70. The van der Waals surface area contributed by atoms with E-state index in [1.807, 2.05) is 16.9 Å². The first-order chi connectivity index (χ1) is 16.5. The molecule has 2 aliphatic heterocycles. The second kappa shape index (κ2) is 8.59. The molecule has 0 aromatic carbocycles. The van der Waals surface area contributed by atoms with Crippen LogP contribution < -0.4 is 10.2 Å². The lowest BCUT2D eigenvalue weighted by atomic mass is 9.73. The fourth-order valence-electron chi connectivity index (χ4n) is 5.76. The zero-order valence-corrected chi connectivity index (χ0v) is 20.8. The van der Waals surface area contributed by atoms with Crippen LogP contribution in [0.4, 0.5) is 10.6 Å². The molecule has 0 radical (unpaired) electrons. The molecular formula is C23H26IN7O3. The van der Waals surface area contributed by atoms with Gasteiger partial charge in [-0.15, -0.1) is 0 Å². The molecule has 2 fully saturated rings. The monoisotopic (exact) mass is 575 g/mol. The molecular weight excluding hydrogens is 549 g/mol. The topological polar surface area (TPSA) is 118 Å². The Kier molecular flexibility index (Phi) is 5.55. The molecule has 10 nitrogen and oxygen atoms in total. The molecule has 2 unspecified atom stereocenters. The molecule has 0 saturated carbocycles. The number of rotatable bonds is 3. The Balaban J connectivity index is 1.26. The first kappa shape index (κ1) is 22.0. The van der Waals surface area contributed by atoms with Gasteiger partial charge in [0.1, 0.15) is 11.3 Å². The van der Waals surface area contributed by atoms with Crippen molar-refractivity contribution in [3.63, 3.8) is 0 Å². The highest BCUT2D eigenvalue weighted by Crippen LogP contribution is 2.51. The van der Waals surface area contributed by atoms with Crippen LogP contribution >= 0.6 is 22.6 Å². The number of aromatic nitrogens is 5. The van der Waals surface area contributed by atoms with Crippen LogP contribution in [0.25, 0.3) is 11.2 Å². The predicted octanol–water partition coefficient (Wildman–Crippen LogP) is 3.68. The van der Waals surface area contributed by atoms with Gasteiger partial charge in [0.2, 0.25) is 0 Å². The average Bonchev–Trinajstić information content (AvgIpc) is 3.34. The molecule has 1 spiro atoms. The van der Waals surface area contributed by atoms with Gasteiger partial charge >= 0.3 is 6.09 Å². The molecule has 2 saturated heterocycles. The quantitative estimate of drug-likeness (QED) is 0.455. The van der Waals surface area contributed by atoms with E-state index in [9.17, 15) is 9.90 Å². The number of piperidine rings is 1. The molecule has 1 aliphatic carbocycles. The number of nitrogens with one attached hydrogen (secondary N) is 1. The smallest absolute Gasteiger partial charge is 0.405 e. The minimum atomic E-state index is -1.01. The molecule has 1 amide bonds. The van der Waals surface area contributed by atoms with Gasteiger partial charge in [0.25, 0.3) is 0 Å². The van der Waals surface area contributed by atoms with Crippen molar-refractivity contribution >= 4 is 45.7 Å². The number of amides is 1. The second-order valence-corrected chi connectivity index (χ2v) is 10.4. The first-order valence-corrected chi connectivity index (χ1v) is 12.8. The lowest BCUT2D eigenvalue weighted by Crippen LogP contribution is -2.47. The van der Waals surface area contributed by atoms with Crippen molar-refractivity contribution in [2.45, 2.75) is 50.8 Å². The van der Waals surface area contributed by atoms with E-state index < -0.39 is 6.09 Å². The van der Waals surface area contributed by atoms with E-state index in [1.54, 1.807) is 6.20 Å². The van der Waals surface area contributed by atoms with Crippen molar-refractivity contribution in [2.75, 3.05) is 24.6 Å². The number of pyridine rings is 1. The maximum atomic E-state index is 11.6. The average molecular weight is 575 g/mol. The van der Waals surface area contributed by atoms with Crippen molar-refractivity contribution < 1.29 is 14.6 Å². The molecule has 11 heteroatoms. The molecule has 5 heterocycles. The number of fused-ring (bicyclic) bond motifs is 2. The Morgan fingerprint density at radius 2 is 2.12 bits per heavy atom. The van der Waals surface area contributed by atoms with Gasteiger partial charge in [-0.2, -0.15) is 5.10 Å². The standard InChI is InChI=1S/C23H26IN7O3/c24-20-18-21(31(29-20)16-5-1-2-11-34-16)27-15(13-26-18)30-9-6-23(7-10-30)12-14-4-3-8-25-17(14)19(23)28-22(32)33/h3-4,8,13,16,19,28H,1-2,5-7,9-12H2,(H,32,33). The van der Waals surface area contributed by atoms with Gasteiger partial charge in [0.05, 0.1) is 17.9 Å². The van der Waals surface area contributed by atoms with E-state index >= 15 is 0 Å². The summed E-state index contributed by atoms with van der Waals surface area (Å²) in [7, 11) is 0. The Labute approximate surface area is 210 Å². The van der Waals surface area contributed by atoms with Crippen molar-refractivity contribution in [1.82, 2.24) is 30.0 Å². The highest BCUT2D eigenvalue weighted by molar-refractivity contribution is 14.1. The van der Waals surface area contributed by atoms with Crippen LogP contribution in [0.5, 0.6) is 0 Å². The summed E-state index contributed by atoms with van der Waals surface area (Å²) in [6.45, 7) is 2.29. The van der Waals surface area contributed by atoms with Crippen LogP contribution in [0.2, 0.25) is 0 Å². The number of carbonyl (C=O) groups is 1. The van der Waals surface area contributed by atoms with Gasteiger partial charge in [-0.05, 0) is 72.7 Å². The van der Waals surface area contributed by atoms with E-state index in [1.165, 1.54) is 0 Å². The third-order valence-electron chi connectivity index (χ3n) is 7.48. The number of carboxylic acid groups (broad SMARTS) is 1. The first-order valence-electron chi connectivity index (χ1n) is 11.7. The van der Waals surface area contributed by atoms with Crippen LogP contribution in [0.3, 0.4) is 0 Å². The van der Waals surface area contributed by atoms with E-state index in [2.05, 4.69) is 49.0 Å². The molecule has 2 N–H and O–H groups in total. The van der Waals surface area contributed by atoms with E-state index in [-0.39, 0.29) is 17.7 Å². The minimum Gasteiger partial charge on any atom is -0.465 e. The van der Waals surface area contributed by atoms with Crippen LogP contribution in [-0.4, -0.2) is 55.6 Å². The second-order valence-electron chi connectivity index (χ2n) is 9.41. The van der Waals surface area contributed by atoms with E-state index in [4.69, 9.17) is 14.7 Å². The summed E-state index contributed by atoms with van der Waals surface area (Å²) < 4.78 is 8.69. The highest BCUT2D eigenvalue weighted by atomic mass is 127. The number of anilines is 1. The van der Waals surface area contributed by atoms with Crippen LogP contribution in [0, 0.1) is 9.12 Å². The van der Waals surface area contributed by atoms with Gasteiger partial charge in [0, 0.05) is 31.3 Å². The lowest BCUT2D eigenvalue weighted by Gasteiger charge is -2.43. The Morgan fingerprint density at radius 1 is 1.26 bits per heavy atom. The van der Waals surface area contributed by atoms with Crippen molar-refractivity contribution in [3.8, 4) is 0 Å². The Bertz CT molecular complexity index is 1230. The van der Waals surface area contributed by atoms with Crippen molar-refractivity contribution in [3.05, 3.63) is 39.5 Å².